The zero-order valence-corrected chi connectivity index (χ0v) is 16.5. The molecule has 134 valence electrons. The Bertz CT molecular complexity index is 396. The Morgan fingerprint density at radius 2 is 1.96 bits per heavy atom. The molecule has 0 bridgehead atoms. The van der Waals surface area contributed by atoms with E-state index in [0.29, 0.717) is 12.6 Å². The quantitative estimate of drug-likeness (QED) is 0.390. The molecule has 2 aliphatic heterocycles. The fraction of sp³-hybridized carbons (Fsp3) is 0.938. The van der Waals surface area contributed by atoms with Crippen LogP contribution < -0.4 is 5.32 Å². The van der Waals surface area contributed by atoms with Crippen molar-refractivity contribution < 1.29 is 9.84 Å². The monoisotopic (exact) mass is 438 g/mol. The molecule has 3 fully saturated rings. The van der Waals surface area contributed by atoms with Crippen molar-refractivity contribution in [1.82, 2.24) is 15.1 Å². The lowest BCUT2D eigenvalue weighted by Gasteiger charge is -2.32. The first kappa shape index (κ1) is 19.2. The van der Waals surface area contributed by atoms with Gasteiger partial charge < -0.3 is 20.1 Å². The van der Waals surface area contributed by atoms with Gasteiger partial charge in [0.25, 0.3) is 0 Å². The molecule has 23 heavy (non-hydrogen) atoms. The second kappa shape index (κ2) is 8.82. The average molecular weight is 438 g/mol. The summed E-state index contributed by atoms with van der Waals surface area (Å²) >= 11 is 0. The van der Waals surface area contributed by atoms with Gasteiger partial charge in [-0.25, -0.2) is 0 Å². The molecule has 0 aromatic carbocycles. The van der Waals surface area contributed by atoms with Crippen LogP contribution in [0.3, 0.4) is 0 Å². The van der Waals surface area contributed by atoms with E-state index in [1.807, 2.05) is 7.05 Å². The summed E-state index contributed by atoms with van der Waals surface area (Å²) < 4.78 is 5.44. The minimum Gasteiger partial charge on any atom is -0.388 e. The molecule has 2 heterocycles. The van der Waals surface area contributed by atoms with Crippen molar-refractivity contribution in [3.63, 3.8) is 0 Å². The van der Waals surface area contributed by atoms with Gasteiger partial charge in [0.15, 0.2) is 5.96 Å². The van der Waals surface area contributed by atoms with E-state index in [-0.39, 0.29) is 24.0 Å². The smallest absolute Gasteiger partial charge is 0.193 e. The highest BCUT2D eigenvalue weighted by atomic mass is 127. The maximum absolute atomic E-state index is 10.5. The first-order valence-corrected chi connectivity index (χ1v) is 8.70. The highest BCUT2D eigenvalue weighted by Crippen LogP contribution is 2.28. The number of nitrogens with one attached hydrogen (secondary N) is 1. The molecule has 1 atom stereocenters. The number of halogens is 1. The third-order valence-corrected chi connectivity index (χ3v) is 5.35. The molecule has 2 N–H and O–H groups in total. The van der Waals surface area contributed by atoms with E-state index < -0.39 is 5.60 Å². The molecule has 2 saturated heterocycles. The number of morpholine rings is 1. The van der Waals surface area contributed by atoms with Crippen LogP contribution >= 0.6 is 24.0 Å². The lowest BCUT2D eigenvalue weighted by atomic mass is 10.0. The van der Waals surface area contributed by atoms with Gasteiger partial charge in [-0.15, -0.1) is 24.0 Å². The number of guanidine groups is 1. The van der Waals surface area contributed by atoms with Crippen molar-refractivity contribution in [2.24, 2.45) is 4.99 Å². The third kappa shape index (κ3) is 4.93. The van der Waals surface area contributed by atoms with Crippen molar-refractivity contribution in [1.29, 1.82) is 0 Å². The third-order valence-electron chi connectivity index (χ3n) is 5.35. The van der Waals surface area contributed by atoms with E-state index in [4.69, 9.17) is 4.74 Å². The molecule has 3 aliphatic rings. The van der Waals surface area contributed by atoms with Gasteiger partial charge in [-0.1, -0.05) is 12.8 Å². The Balaban J connectivity index is 0.00000192. The minimum absolute atomic E-state index is 0. The lowest BCUT2D eigenvalue weighted by molar-refractivity contribution is 0.0194. The number of aliphatic hydroxyl groups is 1. The SMILES string of the molecule is CN=C(NCC1(O)CCCC1)N1CCC(N2CCOCC2)C1.I. The predicted octanol–water partition coefficient (Wildman–Crippen LogP) is 0.891. The standard InChI is InChI=1S/C16H30N4O2.HI/c1-17-15(18-13-16(21)5-2-3-6-16)20-7-4-14(12-20)19-8-10-22-11-9-19;/h14,21H,2-13H2,1H3,(H,17,18);1H. The van der Waals surface area contributed by atoms with Crippen molar-refractivity contribution in [3.05, 3.63) is 0 Å². The van der Waals surface area contributed by atoms with Crippen molar-refractivity contribution >= 4 is 29.9 Å². The minimum atomic E-state index is -0.528. The molecule has 7 heteroatoms. The molecule has 0 aromatic heterocycles. The molecule has 0 amide bonds. The summed E-state index contributed by atoms with van der Waals surface area (Å²) in [7, 11) is 1.84. The number of hydrogen-bond donors (Lipinski definition) is 2. The molecule has 1 saturated carbocycles. The zero-order valence-electron chi connectivity index (χ0n) is 14.2. The maximum atomic E-state index is 10.5. The van der Waals surface area contributed by atoms with Gasteiger partial charge in [0.2, 0.25) is 0 Å². The number of rotatable bonds is 3. The molecule has 6 nitrogen and oxygen atoms in total. The van der Waals surface area contributed by atoms with Crippen LogP contribution in [0, 0.1) is 0 Å². The van der Waals surface area contributed by atoms with Crippen molar-refractivity contribution in [2.45, 2.75) is 43.7 Å². The largest absolute Gasteiger partial charge is 0.388 e. The topological polar surface area (TPSA) is 60.3 Å². The molecular weight excluding hydrogens is 407 g/mol. The van der Waals surface area contributed by atoms with Crippen molar-refractivity contribution in [2.75, 3.05) is 53.0 Å². The summed E-state index contributed by atoms with van der Waals surface area (Å²) in [6.07, 6.45) is 5.28. The van der Waals surface area contributed by atoms with Crippen LogP contribution in [-0.2, 0) is 4.74 Å². The highest BCUT2D eigenvalue weighted by Gasteiger charge is 2.33. The molecule has 1 unspecified atom stereocenters. The van der Waals surface area contributed by atoms with Crippen LogP contribution in [0.15, 0.2) is 4.99 Å². The summed E-state index contributed by atoms with van der Waals surface area (Å²) in [5, 5.41) is 13.9. The number of likely N-dealkylation sites (tertiary alicyclic amines) is 1. The van der Waals surface area contributed by atoms with E-state index in [2.05, 4.69) is 20.1 Å². The van der Waals surface area contributed by atoms with E-state index in [1.165, 1.54) is 6.42 Å². The normalized spacial score (nSPS) is 28.7. The second-order valence-electron chi connectivity index (χ2n) is 6.87. The maximum Gasteiger partial charge on any atom is 0.193 e. The zero-order chi connectivity index (χ0) is 15.4. The van der Waals surface area contributed by atoms with Gasteiger partial charge in [0.05, 0.1) is 18.8 Å². The van der Waals surface area contributed by atoms with Gasteiger partial charge in [-0.05, 0) is 19.3 Å². The lowest BCUT2D eigenvalue weighted by Crippen LogP contribution is -2.49. The molecule has 3 rings (SSSR count). The van der Waals surface area contributed by atoms with Gasteiger partial charge >= 0.3 is 0 Å². The summed E-state index contributed by atoms with van der Waals surface area (Å²) in [5.41, 5.74) is -0.528. The Hall–Kier alpha value is -0.120. The van der Waals surface area contributed by atoms with Gasteiger partial charge in [-0.3, -0.25) is 9.89 Å². The van der Waals surface area contributed by atoms with Crippen LogP contribution in [0.5, 0.6) is 0 Å². The van der Waals surface area contributed by atoms with Crippen LogP contribution in [0.25, 0.3) is 0 Å². The van der Waals surface area contributed by atoms with Crippen LogP contribution in [0.2, 0.25) is 0 Å². The Morgan fingerprint density at radius 3 is 2.61 bits per heavy atom. The van der Waals surface area contributed by atoms with Crippen molar-refractivity contribution in [3.8, 4) is 0 Å². The first-order valence-electron chi connectivity index (χ1n) is 8.70. The Morgan fingerprint density at radius 1 is 1.26 bits per heavy atom. The number of hydrogen-bond acceptors (Lipinski definition) is 4. The average Bonchev–Trinajstić information content (AvgIpc) is 3.19. The van der Waals surface area contributed by atoms with E-state index in [9.17, 15) is 5.11 Å². The second-order valence-corrected chi connectivity index (χ2v) is 6.87. The Kier molecular flexibility index (Phi) is 7.37. The highest BCUT2D eigenvalue weighted by molar-refractivity contribution is 14.0. The Labute approximate surface area is 156 Å². The fourth-order valence-electron chi connectivity index (χ4n) is 3.96. The molecule has 0 radical (unpaired) electrons. The van der Waals surface area contributed by atoms with Gasteiger partial charge in [0, 0.05) is 45.8 Å². The van der Waals surface area contributed by atoms with E-state index in [1.54, 1.807) is 0 Å². The number of nitrogens with zero attached hydrogens (tertiary/aromatic N) is 3. The molecular formula is C16H31IN4O2. The first-order chi connectivity index (χ1) is 10.7. The van der Waals surface area contributed by atoms with Crippen LogP contribution in [0.4, 0.5) is 0 Å². The van der Waals surface area contributed by atoms with E-state index in [0.717, 1.165) is 71.0 Å². The summed E-state index contributed by atoms with van der Waals surface area (Å²) in [6.45, 7) is 6.50. The molecule has 0 spiro atoms. The van der Waals surface area contributed by atoms with Crippen LogP contribution in [-0.4, -0.2) is 85.5 Å². The van der Waals surface area contributed by atoms with Gasteiger partial charge in [-0.2, -0.15) is 0 Å². The van der Waals surface area contributed by atoms with Crippen LogP contribution in [0.1, 0.15) is 32.1 Å². The fourth-order valence-corrected chi connectivity index (χ4v) is 3.96. The molecule has 1 aliphatic carbocycles. The summed E-state index contributed by atoms with van der Waals surface area (Å²) in [4.78, 5) is 9.29. The number of aliphatic imine (C=N–C) groups is 1. The molecule has 0 aromatic rings. The van der Waals surface area contributed by atoms with Gasteiger partial charge in [0.1, 0.15) is 0 Å². The summed E-state index contributed by atoms with van der Waals surface area (Å²) in [6, 6.07) is 0.608. The van der Waals surface area contributed by atoms with E-state index >= 15 is 0 Å². The number of ether oxygens (including phenoxy) is 1. The predicted molar refractivity (Wildman–Crippen MR) is 103 cm³/mol. The summed E-state index contributed by atoms with van der Waals surface area (Å²) in [5.74, 6) is 0.941.